The monoisotopic (exact) mass is 490 g/mol. The van der Waals surface area contributed by atoms with Gasteiger partial charge in [0, 0.05) is 0 Å². The molecule has 0 N–H and O–H groups in total. The van der Waals surface area contributed by atoms with Crippen molar-refractivity contribution in [2.45, 2.75) is 55.4 Å². The number of allylic oxidation sites excluding steroid dienone is 8. The predicted octanol–water partition coefficient (Wildman–Crippen LogP) is -0.551. The van der Waals surface area contributed by atoms with Gasteiger partial charge in [0.15, 0.2) is 0 Å². The van der Waals surface area contributed by atoms with Gasteiger partial charge in [0.25, 0.3) is 0 Å². The average Bonchev–Trinajstić information content (AvgIpc) is 2.66. The molecule has 0 aliphatic heterocycles. The van der Waals surface area contributed by atoms with Crippen LogP contribution in [0.5, 0.6) is 0 Å². The topological polar surface area (TPSA) is 0 Å². The summed E-state index contributed by atoms with van der Waals surface area (Å²) in [6.45, 7) is 17.3. The molecule has 2 unspecified atom stereocenters. The summed E-state index contributed by atoms with van der Waals surface area (Å²) in [5.41, 5.74) is 8.49. The zero-order valence-electron chi connectivity index (χ0n) is 14.4. The Morgan fingerprint density at radius 2 is 0.857 bits per heavy atom. The van der Waals surface area contributed by atoms with E-state index in [4.69, 9.17) is 0 Å². The molecule has 0 aromatic heterocycles. The van der Waals surface area contributed by atoms with Gasteiger partial charge in [0.1, 0.15) is 0 Å². The van der Waals surface area contributed by atoms with Crippen LogP contribution in [0.1, 0.15) is 55.4 Å². The molecule has 3 heteroatoms. The Kier molecular flexibility index (Phi) is 14.4. The van der Waals surface area contributed by atoms with Crippen LogP contribution in [-0.4, -0.2) is 0 Å². The molecule has 2 aliphatic carbocycles. The van der Waals surface area contributed by atoms with Gasteiger partial charge in [-0.15, -0.1) is 13.8 Å². The van der Waals surface area contributed by atoms with Gasteiger partial charge in [-0.2, -0.15) is 22.3 Å². The maximum absolute atomic E-state index is 3.36. The molecule has 0 amide bonds. The first-order valence-corrected chi connectivity index (χ1v) is 6.81. The summed E-state index contributed by atoms with van der Waals surface area (Å²) in [5, 5.41) is 0. The molecule has 0 aromatic carbocycles. The summed E-state index contributed by atoms with van der Waals surface area (Å²) in [5.74, 6) is 1.12. The third kappa shape index (κ3) is 6.84. The minimum atomic E-state index is 0. The SMILES string of the molecule is CC1=[C-]C(C)C(C)=C1C.CC1=[C-]C(C)C(C)=C1C.[Br-].[Br-].[Zr+4]. The van der Waals surface area contributed by atoms with Crippen molar-refractivity contribution >= 4 is 0 Å². The minimum Gasteiger partial charge on any atom is -1.00 e. The molecule has 0 radical (unpaired) electrons. The van der Waals surface area contributed by atoms with Crippen LogP contribution in [0.3, 0.4) is 0 Å². The molecule has 2 atom stereocenters. The van der Waals surface area contributed by atoms with Crippen LogP contribution in [0, 0.1) is 24.0 Å². The van der Waals surface area contributed by atoms with Crippen LogP contribution in [0.2, 0.25) is 0 Å². The summed E-state index contributed by atoms with van der Waals surface area (Å²) >= 11 is 0. The Labute approximate surface area is 171 Å². The van der Waals surface area contributed by atoms with Gasteiger partial charge in [-0.25, -0.2) is 11.1 Å². The minimum absolute atomic E-state index is 0. The fraction of sp³-hybridized carbons (Fsp3) is 0.556. The zero-order chi connectivity index (χ0) is 14.0. The van der Waals surface area contributed by atoms with E-state index < -0.39 is 0 Å². The molecular formula is C18H26Br2Zr. The van der Waals surface area contributed by atoms with Gasteiger partial charge in [-0.05, 0) is 0 Å². The molecule has 0 nitrogen and oxygen atoms in total. The molecule has 0 bridgehead atoms. The van der Waals surface area contributed by atoms with Gasteiger partial charge in [-0.3, -0.25) is 12.2 Å². The molecule has 0 heterocycles. The summed E-state index contributed by atoms with van der Waals surface area (Å²) in [6.07, 6.45) is 6.72. The molecule has 0 saturated heterocycles. The molecule has 116 valence electrons. The van der Waals surface area contributed by atoms with Crippen molar-refractivity contribution in [1.82, 2.24) is 0 Å². The maximum atomic E-state index is 3.36. The smallest absolute Gasteiger partial charge is 1.00 e. The van der Waals surface area contributed by atoms with Gasteiger partial charge < -0.3 is 34.0 Å². The Bertz CT molecular complexity index is 424. The summed E-state index contributed by atoms with van der Waals surface area (Å²) in [4.78, 5) is 0. The first kappa shape index (κ1) is 26.7. The van der Waals surface area contributed by atoms with Crippen LogP contribution in [-0.2, 0) is 26.2 Å². The van der Waals surface area contributed by atoms with Crippen molar-refractivity contribution in [2.24, 2.45) is 11.8 Å². The van der Waals surface area contributed by atoms with E-state index in [1.54, 1.807) is 0 Å². The van der Waals surface area contributed by atoms with Crippen molar-refractivity contribution in [1.29, 1.82) is 0 Å². The first-order chi connectivity index (χ1) is 8.25. The Hall–Kier alpha value is 0.803. The maximum Gasteiger partial charge on any atom is 4.00 e. The average molecular weight is 493 g/mol. The molecule has 0 aromatic rings. The molecule has 2 rings (SSSR count). The largest absolute Gasteiger partial charge is 4.00 e. The number of rotatable bonds is 0. The van der Waals surface area contributed by atoms with Gasteiger partial charge in [0.05, 0.1) is 0 Å². The van der Waals surface area contributed by atoms with Crippen LogP contribution in [0.15, 0.2) is 33.4 Å². The Morgan fingerprint density at radius 1 is 0.619 bits per heavy atom. The molecule has 0 saturated carbocycles. The predicted molar refractivity (Wildman–Crippen MR) is 79.9 cm³/mol. The number of hydrogen-bond donors (Lipinski definition) is 0. The third-order valence-electron chi connectivity index (χ3n) is 4.47. The number of hydrogen-bond acceptors (Lipinski definition) is 0. The standard InChI is InChI=1S/2C9H13.2BrH.Zr/c2*1-6-5-7(2)9(4)8(6)3;;;/h2*6H,1-4H3;2*1H;/q2*-1;;;+4/p-2. The molecular weight excluding hydrogens is 467 g/mol. The Balaban J connectivity index is -0.000000270. The van der Waals surface area contributed by atoms with Crippen molar-refractivity contribution in [2.75, 3.05) is 0 Å². The second-order valence-electron chi connectivity index (χ2n) is 5.60. The van der Waals surface area contributed by atoms with Gasteiger partial charge in [0.2, 0.25) is 0 Å². The van der Waals surface area contributed by atoms with Gasteiger partial charge >= 0.3 is 26.2 Å². The van der Waals surface area contributed by atoms with Crippen LogP contribution >= 0.6 is 0 Å². The van der Waals surface area contributed by atoms with E-state index in [2.05, 4.69) is 67.5 Å². The van der Waals surface area contributed by atoms with E-state index in [1.165, 1.54) is 33.4 Å². The van der Waals surface area contributed by atoms with Crippen LogP contribution in [0.25, 0.3) is 0 Å². The van der Waals surface area contributed by atoms with E-state index in [0.29, 0.717) is 11.8 Å². The molecule has 0 fully saturated rings. The number of halogens is 2. The van der Waals surface area contributed by atoms with Crippen molar-refractivity contribution in [3.8, 4) is 0 Å². The van der Waals surface area contributed by atoms with Crippen molar-refractivity contribution in [3.05, 3.63) is 45.6 Å². The molecule has 0 spiro atoms. The zero-order valence-corrected chi connectivity index (χ0v) is 20.0. The third-order valence-corrected chi connectivity index (χ3v) is 4.47. The van der Waals surface area contributed by atoms with E-state index in [-0.39, 0.29) is 60.2 Å². The van der Waals surface area contributed by atoms with E-state index in [0.717, 1.165) is 0 Å². The summed E-state index contributed by atoms with van der Waals surface area (Å²) < 4.78 is 0. The van der Waals surface area contributed by atoms with E-state index in [9.17, 15) is 0 Å². The second-order valence-corrected chi connectivity index (χ2v) is 5.60. The van der Waals surface area contributed by atoms with E-state index in [1.807, 2.05) is 0 Å². The summed E-state index contributed by atoms with van der Waals surface area (Å²) in [7, 11) is 0. The summed E-state index contributed by atoms with van der Waals surface area (Å²) in [6, 6.07) is 0. The van der Waals surface area contributed by atoms with Crippen LogP contribution < -0.4 is 34.0 Å². The van der Waals surface area contributed by atoms with Crippen molar-refractivity contribution in [3.63, 3.8) is 0 Å². The first-order valence-electron chi connectivity index (χ1n) is 6.81. The van der Waals surface area contributed by atoms with E-state index >= 15 is 0 Å². The molecule has 2 aliphatic rings. The van der Waals surface area contributed by atoms with Crippen LogP contribution in [0.4, 0.5) is 0 Å². The fourth-order valence-electron chi connectivity index (χ4n) is 2.32. The quantitative estimate of drug-likeness (QED) is 0.398. The fourth-order valence-corrected chi connectivity index (χ4v) is 2.32. The Morgan fingerprint density at radius 3 is 0.905 bits per heavy atom. The van der Waals surface area contributed by atoms with Crippen molar-refractivity contribution < 1.29 is 60.2 Å². The molecule has 21 heavy (non-hydrogen) atoms. The van der Waals surface area contributed by atoms with Gasteiger partial charge in [-0.1, -0.05) is 53.4 Å². The normalized spacial score (nSPS) is 23.2. The second kappa shape index (κ2) is 11.4.